The van der Waals surface area contributed by atoms with Gasteiger partial charge in [0.25, 0.3) is 11.6 Å². The van der Waals surface area contributed by atoms with Gasteiger partial charge in [0, 0.05) is 47.5 Å². The number of aromatic hydroxyl groups is 1. The van der Waals surface area contributed by atoms with E-state index in [0.717, 1.165) is 0 Å². The number of carbonyl (C=O) groups excluding carboxylic acids is 1. The first-order valence-electron chi connectivity index (χ1n) is 8.20. The molecule has 2 aromatic carbocycles. The zero-order valence-corrected chi connectivity index (χ0v) is 15.0. The minimum Gasteiger partial charge on any atom is -0.506 e. The van der Waals surface area contributed by atoms with E-state index < -0.39 is 16.2 Å². The molecule has 0 bridgehead atoms. The highest BCUT2D eigenvalue weighted by Crippen LogP contribution is 2.46. The summed E-state index contributed by atoms with van der Waals surface area (Å²) in [5.74, 6) is -0.452. The van der Waals surface area contributed by atoms with Crippen LogP contribution in [-0.2, 0) is 0 Å². The number of hydrogen-bond acceptors (Lipinski definition) is 5. The summed E-state index contributed by atoms with van der Waals surface area (Å²) >= 11 is 6.51. The quantitative estimate of drug-likeness (QED) is 0.408. The van der Waals surface area contributed by atoms with Crippen molar-refractivity contribution < 1.29 is 14.8 Å². The van der Waals surface area contributed by atoms with Crippen molar-refractivity contribution in [2.24, 2.45) is 0 Å². The maximum Gasteiger partial charge on any atom is 0.270 e. The molecule has 1 unspecified atom stereocenters. The number of aryl methyl sites for hydroxylation is 1. The van der Waals surface area contributed by atoms with E-state index in [-0.39, 0.29) is 23.5 Å². The number of alkyl halides is 1. The molecule has 4 rings (SSSR count). The van der Waals surface area contributed by atoms with Gasteiger partial charge in [-0.1, -0.05) is 12.1 Å². The second-order valence-corrected chi connectivity index (χ2v) is 6.89. The summed E-state index contributed by atoms with van der Waals surface area (Å²) in [7, 11) is 0. The molecule has 0 saturated heterocycles. The van der Waals surface area contributed by atoms with Crippen molar-refractivity contribution in [2.45, 2.75) is 12.3 Å². The van der Waals surface area contributed by atoms with Crippen LogP contribution in [-0.4, -0.2) is 27.5 Å². The number of nitrogens with zero attached hydrogens (tertiary/aromatic N) is 3. The van der Waals surface area contributed by atoms with E-state index in [0.29, 0.717) is 27.7 Å². The van der Waals surface area contributed by atoms with Crippen molar-refractivity contribution in [3.05, 3.63) is 69.4 Å². The lowest BCUT2D eigenvalue weighted by molar-refractivity contribution is -0.384. The normalized spacial score (nSPS) is 15.8. The van der Waals surface area contributed by atoms with Crippen LogP contribution in [0.4, 0.5) is 11.4 Å². The summed E-state index contributed by atoms with van der Waals surface area (Å²) in [6.07, 6.45) is 1.57. The maximum absolute atomic E-state index is 13.1. The first-order valence-corrected chi connectivity index (χ1v) is 8.63. The fraction of sp³-hybridized carbons (Fsp3) is 0.158. The van der Waals surface area contributed by atoms with Crippen LogP contribution in [0.15, 0.2) is 42.6 Å². The number of rotatable bonds is 2. The third-order valence-electron chi connectivity index (χ3n) is 4.74. The Morgan fingerprint density at radius 2 is 2.15 bits per heavy atom. The number of halogens is 1. The number of hydrogen-bond donors (Lipinski definition) is 1. The van der Waals surface area contributed by atoms with Gasteiger partial charge in [0.15, 0.2) is 0 Å². The predicted octanol–water partition coefficient (Wildman–Crippen LogP) is 4.10. The second kappa shape index (κ2) is 6.21. The van der Waals surface area contributed by atoms with E-state index in [1.54, 1.807) is 31.3 Å². The van der Waals surface area contributed by atoms with Crippen molar-refractivity contribution >= 4 is 39.8 Å². The molecule has 1 aliphatic heterocycles. The monoisotopic (exact) mass is 383 g/mol. The number of benzene rings is 2. The van der Waals surface area contributed by atoms with Gasteiger partial charge < -0.3 is 10.0 Å². The molecule has 27 heavy (non-hydrogen) atoms. The number of anilines is 1. The van der Waals surface area contributed by atoms with Crippen LogP contribution in [0.3, 0.4) is 0 Å². The molecular weight excluding hydrogens is 370 g/mol. The summed E-state index contributed by atoms with van der Waals surface area (Å²) in [5.41, 5.74) is 2.32. The molecule has 136 valence electrons. The minimum atomic E-state index is -0.538. The fourth-order valence-electron chi connectivity index (χ4n) is 3.43. The van der Waals surface area contributed by atoms with E-state index in [2.05, 4.69) is 4.98 Å². The Hall–Kier alpha value is -3.19. The third kappa shape index (κ3) is 2.67. The largest absolute Gasteiger partial charge is 0.506 e. The van der Waals surface area contributed by atoms with Crippen molar-refractivity contribution in [1.29, 1.82) is 0 Å². The number of non-ortho nitro benzene ring substituents is 1. The molecule has 1 amide bonds. The average Bonchev–Trinajstić information content (AvgIpc) is 2.98. The standard InChI is InChI=1S/C19H14ClN3O4/c1-10-4-5-11(23(26)27)7-13(10)19(25)22-9-14(20)17-12-3-2-6-21-18(12)16(24)8-15(17)22/h2-8,14,24H,9H2,1H3. The van der Waals surface area contributed by atoms with Crippen LogP contribution in [0.2, 0.25) is 0 Å². The molecule has 3 aromatic rings. The molecule has 1 aliphatic rings. The van der Waals surface area contributed by atoms with E-state index in [9.17, 15) is 20.0 Å². The number of nitro benzene ring substituents is 1. The molecule has 8 heteroatoms. The first kappa shape index (κ1) is 17.2. The van der Waals surface area contributed by atoms with Crippen molar-refractivity contribution in [1.82, 2.24) is 4.98 Å². The lowest BCUT2D eigenvalue weighted by Crippen LogP contribution is -2.29. The van der Waals surface area contributed by atoms with Gasteiger partial charge >= 0.3 is 0 Å². The summed E-state index contributed by atoms with van der Waals surface area (Å²) in [5, 5.41) is 21.6. The number of fused-ring (bicyclic) bond motifs is 3. The van der Waals surface area contributed by atoms with Gasteiger partial charge in [-0.2, -0.15) is 0 Å². The van der Waals surface area contributed by atoms with Crippen molar-refractivity contribution in [3.8, 4) is 5.75 Å². The zero-order valence-electron chi connectivity index (χ0n) is 14.2. The van der Waals surface area contributed by atoms with Crippen molar-refractivity contribution in [3.63, 3.8) is 0 Å². The van der Waals surface area contributed by atoms with Gasteiger partial charge in [-0.3, -0.25) is 19.9 Å². The predicted molar refractivity (Wildman–Crippen MR) is 102 cm³/mol. The molecule has 1 aromatic heterocycles. The van der Waals surface area contributed by atoms with Crippen LogP contribution in [0.5, 0.6) is 5.75 Å². The second-order valence-electron chi connectivity index (χ2n) is 6.37. The Morgan fingerprint density at radius 1 is 1.37 bits per heavy atom. The number of nitro groups is 1. The number of carbonyl (C=O) groups is 1. The molecule has 1 atom stereocenters. The number of aromatic nitrogens is 1. The molecule has 1 N–H and O–H groups in total. The molecular formula is C19H14ClN3O4. The number of phenols is 1. The Balaban J connectivity index is 1.86. The Morgan fingerprint density at radius 3 is 2.89 bits per heavy atom. The van der Waals surface area contributed by atoms with Crippen LogP contribution < -0.4 is 4.90 Å². The van der Waals surface area contributed by atoms with Gasteiger partial charge in [0.1, 0.15) is 11.3 Å². The summed E-state index contributed by atoms with van der Waals surface area (Å²) in [6, 6.07) is 9.17. The topological polar surface area (TPSA) is 96.6 Å². The molecule has 0 radical (unpaired) electrons. The van der Waals surface area contributed by atoms with Gasteiger partial charge in [0.2, 0.25) is 0 Å². The average molecular weight is 384 g/mol. The van der Waals surface area contributed by atoms with E-state index in [1.807, 2.05) is 0 Å². The van der Waals surface area contributed by atoms with Crippen molar-refractivity contribution in [2.75, 3.05) is 11.4 Å². The molecule has 0 fully saturated rings. The van der Waals surface area contributed by atoms with Gasteiger partial charge in [-0.25, -0.2) is 0 Å². The van der Waals surface area contributed by atoms with E-state index in [4.69, 9.17) is 11.6 Å². The molecule has 2 heterocycles. The van der Waals surface area contributed by atoms with E-state index >= 15 is 0 Å². The van der Waals surface area contributed by atoms with Gasteiger partial charge in [0.05, 0.1) is 16.0 Å². The highest BCUT2D eigenvalue weighted by molar-refractivity contribution is 6.25. The Labute approximate surface area is 159 Å². The number of amides is 1. The summed E-state index contributed by atoms with van der Waals surface area (Å²) in [4.78, 5) is 29.3. The number of phenolic OH excluding ortho intramolecular Hbond substituents is 1. The molecule has 0 spiro atoms. The van der Waals surface area contributed by atoms with E-state index in [1.165, 1.54) is 23.1 Å². The summed E-state index contributed by atoms with van der Waals surface area (Å²) in [6.45, 7) is 1.92. The highest BCUT2D eigenvalue weighted by Gasteiger charge is 2.35. The Bertz CT molecular complexity index is 1120. The van der Waals surface area contributed by atoms with Crippen LogP contribution in [0, 0.1) is 17.0 Å². The first-order chi connectivity index (χ1) is 12.9. The van der Waals surface area contributed by atoms with Crippen LogP contribution in [0.25, 0.3) is 10.9 Å². The van der Waals surface area contributed by atoms with Gasteiger partial charge in [-0.15, -0.1) is 11.6 Å². The minimum absolute atomic E-state index is 0.0521. The third-order valence-corrected chi connectivity index (χ3v) is 5.10. The molecule has 0 saturated carbocycles. The summed E-state index contributed by atoms with van der Waals surface area (Å²) < 4.78 is 0. The smallest absolute Gasteiger partial charge is 0.270 e. The van der Waals surface area contributed by atoms with Crippen LogP contribution in [0.1, 0.15) is 26.9 Å². The fourth-order valence-corrected chi connectivity index (χ4v) is 3.80. The highest BCUT2D eigenvalue weighted by atomic mass is 35.5. The zero-order chi connectivity index (χ0) is 19.3. The van der Waals surface area contributed by atoms with Crippen LogP contribution >= 0.6 is 11.6 Å². The number of pyridine rings is 1. The molecule has 0 aliphatic carbocycles. The molecule has 7 nitrogen and oxygen atoms in total. The lowest BCUT2D eigenvalue weighted by Gasteiger charge is -2.19. The van der Waals surface area contributed by atoms with Gasteiger partial charge in [-0.05, 0) is 18.6 Å². The maximum atomic E-state index is 13.1. The Kier molecular flexibility index (Phi) is 3.96. The lowest BCUT2D eigenvalue weighted by atomic mass is 10.0. The SMILES string of the molecule is Cc1ccc([N+](=O)[O-])cc1C(=O)N1CC(Cl)c2c1cc(O)c1ncccc21.